The van der Waals surface area contributed by atoms with Crippen molar-refractivity contribution in [1.29, 1.82) is 0 Å². The Morgan fingerprint density at radius 2 is 1.95 bits per heavy atom. The molecule has 0 spiro atoms. The van der Waals surface area contributed by atoms with Crippen molar-refractivity contribution in [3.63, 3.8) is 0 Å². The Labute approximate surface area is 124 Å². The molecule has 0 bridgehead atoms. The minimum absolute atomic E-state index is 0.384. The maximum atomic E-state index is 6.03. The summed E-state index contributed by atoms with van der Waals surface area (Å²) in [6, 6.07) is 8.28. The Morgan fingerprint density at radius 3 is 2.58 bits per heavy atom. The predicted octanol–water partition coefficient (Wildman–Crippen LogP) is 4.86. The van der Waals surface area contributed by atoms with E-state index in [1.165, 1.54) is 11.1 Å². The molecular weight excluding hydrogens is 279 g/mol. The molecule has 2 aromatic rings. The highest BCUT2D eigenvalue weighted by Crippen LogP contribution is 2.28. The molecule has 0 aliphatic rings. The first-order valence-electron chi connectivity index (χ1n) is 6.04. The van der Waals surface area contributed by atoms with E-state index in [1.54, 1.807) is 6.20 Å². The Bertz CT molecular complexity index is 597. The van der Waals surface area contributed by atoms with E-state index in [9.17, 15) is 0 Å². The first-order chi connectivity index (χ1) is 9.02. The van der Waals surface area contributed by atoms with Gasteiger partial charge in [-0.05, 0) is 37.1 Å². The molecule has 0 radical (unpaired) electrons. The molecule has 0 saturated carbocycles. The largest absolute Gasteiger partial charge is 0.329 e. The zero-order chi connectivity index (χ0) is 14.0. The Hall–Kier alpha value is -1.25. The summed E-state index contributed by atoms with van der Waals surface area (Å²) in [6.07, 6.45) is 1.65. The Kier molecular flexibility index (Phi) is 4.33. The van der Waals surface area contributed by atoms with Gasteiger partial charge in [-0.3, -0.25) is 0 Å². The lowest BCUT2D eigenvalue weighted by Gasteiger charge is -2.21. The summed E-state index contributed by atoms with van der Waals surface area (Å²) in [5.74, 6) is 1.22. The quantitative estimate of drug-likeness (QED) is 0.752. The van der Waals surface area contributed by atoms with Gasteiger partial charge in [0, 0.05) is 24.8 Å². The Morgan fingerprint density at radius 1 is 1.21 bits per heavy atom. The van der Waals surface area contributed by atoms with Gasteiger partial charge in [0.05, 0.1) is 5.02 Å². The summed E-state index contributed by atoms with van der Waals surface area (Å²) in [5, 5.41) is 0.604. The number of anilines is 2. The molecule has 19 heavy (non-hydrogen) atoms. The van der Waals surface area contributed by atoms with Gasteiger partial charge in [0.15, 0.2) is 0 Å². The van der Waals surface area contributed by atoms with Gasteiger partial charge in [-0.15, -0.1) is 11.6 Å². The molecule has 1 aromatic heterocycles. The van der Waals surface area contributed by atoms with Crippen molar-refractivity contribution in [2.24, 2.45) is 0 Å². The highest BCUT2D eigenvalue weighted by molar-refractivity contribution is 6.32. The second-order valence-electron chi connectivity index (χ2n) is 4.62. The van der Waals surface area contributed by atoms with Crippen molar-refractivity contribution in [3.8, 4) is 0 Å². The van der Waals surface area contributed by atoms with Gasteiger partial charge in [-0.1, -0.05) is 29.3 Å². The van der Waals surface area contributed by atoms with Gasteiger partial charge >= 0.3 is 0 Å². The van der Waals surface area contributed by atoms with Crippen LogP contribution in [0.1, 0.15) is 16.7 Å². The third-order valence-electron chi connectivity index (χ3n) is 3.12. The fraction of sp³-hybridized carbons (Fsp3) is 0.267. The van der Waals surface area contributed by atoms with Crippen molar-refractivity contribution >= 4 is 34.7 Å². The van der Waals surface area contributed by atoms with Crippen LogP contribution in [0.2, 0.25) is 5.02 Å². The fourth-order valence-electron chi connectivity index (χ4n) is 2.06. The number of pyridine rings is 1. The average Bonchev–Trinajstić information content (AvgIpc) is 2.38. The van der Waals surface area contributed by atoms with E-state index in [1.807, 2.05) is 18.0 Å². The van der Waals surface area contributed by atoms with Crippen LogP contribution < -0.4 is 4.90 Å². The summed E-state index contributed by atoms with van der Waals surface area (Å²) in [7, 11) is 1.99. The fourth-order valence-corrected chi connectivity index (χ4v) is 2.52. The predicted molar refractivity (Wildman–Crippen MR) is 82.8 cm³/mol. The number of aromatic nitrogens is 1. The zero-order valence-corrected chi connectivity index (χ0v) is 12.8. The second-order valence-corrected chi connectivity index (χ2v) is 5.29. The van der Waals surface area contributed by atoms with E-state index < -0.39 is 0 Å². The smallest absolute Gasteiger partial charge is 0.133 e. The lowest BCUT2D eigenvalue weighted by Crippen LogP contribution is -2.12. The summed E-state index contributed by atoms with van der Waals surface area (Å²) in [4.78, 5) is 6.40. The van der Waals surface area contributed by atoms with Gasteiger partial charge in [0.2, 0.25) is 0 Å². The topological polar surface area (TPSA) is 16.1 Å². The number of hydrogen-bond acceptors (Lipinski definition) is 2. The molecule has 0 N–H and O–H groups in total. The molecule has 1 heterocycles. The van der Waals surface area contributed by atoms with Crippen LogP contribution in [0.15, 0.2) is 30.5 Å². The summed E-state index contributed by atoms with van der Waals surface area (Å²) >= 11 is 11.9. The van der Waals surface area contributed by atoms with E-state index in [2.05, 4.69) is 37.0 Å². The molecule has 1 aromatic carbocycles. The lowest BCUT2D eigenvalue weighted by molar-refractivity contribution is 1.10. The number of alkyl halides is 1. The maximum absolute atomic E-state index is 6.03. The number of halogens is 2. The minimum Gasteiger partial charge on any atom is -0.329 e. The Balaban J connectivity index is 2.40. The number of nitrogens with zero attached hydrogens (tertiary/aromatic N) is 2. The van der Waals surface area contributed by atoms with Gasteiger partial charge in [-0.25, -0.2) is 4.98 Å². The molecule has 0 aliphatic carbocycles. The lowest BCUT2D eigenvalue weighted by atomic mass is 10.1. The standard InChI is InChI=1S/C15H16Cl2N2/c1-10-4-5-14(11(2)6-10)19(3)15-7-12(8-16)13(17)9-18-15/h4-7,9H,8H2,1-3H3. The molecule has 0 saturated heterocycles. The van der Waals surface area contributed by atoms with E-state index in [0.717, 1.165) is 17.1 Å². The van der Waals surface area contributed by atoms with E-state index in [0.29, 0.717) is 10.9 Å². The highest BCUT2D eigenvalue weighted by atomic mass is 35.5. The van der Waals surface area contributed by atoms with Gasteiger partial charge < -0.3 is 4.90 Å². The first-order valence-corrected chi connectivity index (χ1v) is 6.95. The van der Waals surface area contributed by atoms with Crippen LogP contribution in [0.3, 0.4) is 0 Å². The summed E-state index contributed by atoms with van der Waals surface area (Å²) in [5.41, 5.74) is 4.48. The van der Waals surface area contributed by atoms with Crippen molar-refractivity contribution in [3.05, 3.63) is 52.2 Å². The number of benzene rings is 1. The molecule has 0 unspecified atom stereocenters. The second kappa shape index (κ2) is 5.81. The molecule has 0 atom stereocenters. The molecule has 100 valence electrons. The first kappa shape index (κ1) is 14.2. The van der Waals surface area contributed by atoms with Crippen LogP contribution >= 0.6 is 23.2 Å². The summed E-state index contributed by atoms with van der Waals surface area (Å²) < 4.78 is 0. The number of rotatable bonds is 3. The normalized spacial score (nSPS) is 10.6. The number of aryl methyl sites for hydroxylation is 2. The monoisotopic (exact) mass is 294 g/mol. The molecule has 4 heteroatoms. The van der Waals surface area contributed by atoms with Gasteiger partial charge in [0.25, 0.3) is 0 Å². The average molecular weight is 295 g/mol. The molecule has 0 aliphatic heterocycles. The third-order valence-corrected chi connectivity index (χ3v) is 3.75. The van der Waals surface area contributed by atoms with Crippen LogP contribution in [-0.2, 0) is 5.88 Å². The van der Waals surface area contributed by atoms with Crippen molar-refractivity contribution in [2.45, 2.75) is 19.7 Å². The SMILES string of the molecule is Cc1ccc(N(C)c2cc(CCl)c(Cl)cn2)c(C)c1. The van der Waals surface area contributed by atoms with Gasteiger partial charge in [0.1, 0.15) is 5.82 Å². The highest BCUT2D eigenvalue weighted by Gasteiger charge is 2.10. The van der Waals surface area contributed by atoms with Gasteiger partial charge in [-0.2, -0.15) is 0 Å². The zero-order valence-electron chi connectivity index (χ0n) is 11.2. The molecule has 2 nitrogen and oxygen atoms in total. The van der Waals surface area contributed by atoms with Crippen molar-refractivity contribution < 1.29 is 0 Å². The molecule has 0 amide bonds. The minimum atomic E-state index is 0.384. The van der Waals surface area contributed by atoms with E-state index >= 15 is 0 Å². The number of hydrogen-bond donors (Lipinski definition) is 0. The van der Waals surface area contributed by atoms with Crippen molar-refractivity contribution in [2.75, 3.05) is 11.9 Å². The van der Waals surface area contributed by atoms with Crippen LogP contribution in [0, 0.1) is 13.8 Å². The van der Waals surface area contributed by atoms with E-state index in [-0.39, 0.29) is 0 Å². The van der Waals surface area contributed by atoms with Crippen LogP contribution in [0.25, 0.3) is 0 Å². The molecular formula is C15H16Cl2N2. The van der Waals surface area contributed by atoms with Crippen molar-refractivity contribution in [1.82, 2.24) is 4.98 Å². The van der Waals surface area contributed by atoms with Crippen LogP contribution in [0.4, 0.5) is 11.5 Å². The maximum Gasteiger partial charge on any atom is 0.133 e. The van der Waals surface area contributed by atoms with Crippen LogP contribution in [0.5, 0.6) is 0 Å². The van der Waals surface area contributed by atoms with Crippen LogP contribution in [-0.4, -0.2) is 12.0 Å². The molecule has 2 rings (SSSR count). The van der Waals surface area contributed by atoms with E-state index in [4.69, 9.17) is 23.2 Å². The third kappa shape index (κ3) is 3.02. The molecule has 0 fully saturated rings. The summed E-state index contributed by atoms with van der Waals surface area (Å²) in [6.45, 7) is 4.18.